The number of aromatic nitrogens is 2. The van der Waals surface area contributed by atoms with E-state index in [2.05, 4.69) is 20.0 Å². The van der Waals surface area contributed by atoms with E-state index in [0.29, 0.717) is 30.2 Å². The molecule has 5 N–H and O–H groups in total. The van der Waals surface area contributed by atoms with Gasteiger partial charge in [-0.25, -0.2) is 18.7 Å². The van der Waals surface area contributed by atoms with E-state index in [-0.39, 0.29) is 41.0 Å². The lowest BCUT2D eigenvalue weighted by molar-refractivity contribution is -0.125. The number of nitrogens with zero attached hydrogens (tertiary/aromatic N) is 2. The monoisotopic (exact) mass is 476 g/mol. The normalized spacial score (nSPS) is 20.2. The lowest BCUT2D eigenvalue weighted by atomic mass is 9.88. The molecule has 0 bridgehead atoms. The van der Waals surface area contributed by atoms with Gasteiger partial charge in [-0.3, -0.25) is 4.79 Å². The predicted molar refractivity (Wildman–Crippen MR) is 123 cm³/mol. The third-order valence-electron chi connectivity index (χ3n) is 5.93. The molecule has 11 heteroatoms. The van der Waals surface area contributed by atoms with Gasteiger partial charge in [-0.15, -0.1) is 0 Å². The molecular formula is C22H24F2N5O3S+. The quantitative estimate of drug-likeness (QED) is 0.415. The topological polar surface area (TPSA) is 130 Å². The van der Waals surface area contributed by atoms with E-state index in [1.807, 2.05) is 0 Å². The highest BCUT2D eigenvalue weighted by Gasteiger charge is 2.44. The van der Waals surface area contributed by atoms with Gasteiger partial charge in [-0.2, -0.15) is 9.27 Å². The number of benzene rings is 2. The van der Waals surface area contributed by atoms with Gasteiger partial charge in [0.15, 0.2) is 11.1 Å². The smallest absolute Gasteiger partial charge is 0.313 e. The molecule has 1 saturated carbocycles. The lowest BCUT2D eigenvalue weighted by Gasteiger charge is -2.26. The number of hydrogen-bond acceptors (Lipinski definition) is 5. The van der Waals surface area contributed by atoms with Crippen LogP contribution in [0.4, 0.5) is 20.4 Å². The highest BCUT2D eigenvalue weighted by atomic mass is 32.3. The Kier molecular flexibility index (Phi) is 6.26. The Balaban J connectivity index is 1.65. The third-order valence-corrected chi connectivity index (χ3v) is 7.77. The van der Waals surface area contributed by atoms with E-state index in [9.17, 15) is 17.9 Å². The lowest BCUT2D eigenvalue weighted by Crippen LogP contribution is -2.41. The van der Waals surface area contributed by atoms with Gasteiger partial charge in [0.25, 0.3) is 0 Å². The predicted octanol–water partition coefficient (Wildman–Crippen LogP) is 3.76. The van der Waals surface area contributed by atoms with E-state index in [1.54, 1.807) is 6.07 Å². The van der Waals surface area contributed by atoms with Gasteiger partial charge >= 0.3 is 10.4 Å². The second-order valence-corrected chi connectivity index (χ2v) is 10.1. The van der Waals surface area contributed by atoms with Crippen molar-refractivity contribution in [3.63, 3.8) is 0 Å². The summed E-state index contributed by atoms with van der Waals surface area (Å²) in [6.45, 7) is 0. The molecule has 0 spiro atoms. The summed E-state index contributed by atoms with van der Waals surface area (Å²) < 4.78 is 56.2. The van der Waals surface area contributed by atoms with Crippen LogP contribution in [0.1, 0.15) is 25.7 Å². The molecule has 8 nitrogen and oxygen atoms in total. The molecule has 0 radical (unpaired) electrons. The highest BCUT2D eigenvalue weighted by Crippen LogP contribution is 2.36. The van der Waals surface area contributed by atoms with Crippen molar-refractivity contribution in [2.75, 3.05) is 17.5 Å². The molecule has 4 rings (SSSR count). The molecule has 1 heterocycles. The average molecular weight is 477 g/mol. The van der Waals surface area contributed by atoms with Crippen LogP contribution in [0.5, 0.6) is 0 Å². The number of hydrogen-bond donors (Lipinski definition) is 4. The van der Waals surface area contributed by atoms with E-state index in [0.717, 1.165) is 12.1 Å². The zero-order valence-electron chi connectivity index (χ0n) is 17.8. The second-order valence-electron chi connectivity index (χ2n) is 8.06. The zero-order chi connectivity index (χ0) is 23.8. The molecule has 3 aromatic rings. The maximum atomic E-state index is 15.4. The van der Waals surface area contributed by atoms with E-state index in [4.69, 9.17) is 5.73 Å². The van der Waals surface area contributed by atoms with Gasteiger partial charge in [0.2, 0.25) is 11.9 Å². The number of fused-ring (bicyclic) bond motifs is 1. The number of halogens is 2. The first kappa shape index (κ1) is 23.0. The summed E-state index contributed by atoms with van der Waals surface area (Å²) in [6, 6.07) is 6.71. The minimum Gasteiger partial charge on any atom is -0.368 e. The van der Waals surface area contributed by atoms with Crippen LogP contribution in [-0.4, -0.2) is 32.7 Å². The Bertz CT molecular complexity index is 1270. The Morgan fingerprint density at radius 3 is 2.79 bits per heavy atom. The van der Waals surface area contributed by atoms with Crippen molar-refractivity contribution >= 4 is 38.8 Å². The molecule has 0 aliphatic heterocycles. The Morgan fingerprint density at radius 1 is 1.24 bits per heavy atom. The maximum absolute atomic E-state index is 15.4. The van der Waals surface area contributed by atoms with Crippen molar-refractivity contribution in [1.82, 2.24) is 15.3 Å². The van der Waals surface area contributed by atoms with Gasteiger partial charge in [-0.05, 0) is 46.9 Å². The number of rotatable bonds is 5. The van der Waals surface area contributed by atoms with Gasteiger partial charge in [0.05, 0.1) is 11.1 Å². The Labute approximate surface area is 190 Å². The van der Waals surface area contributed by atoms with Crippen molar-refractivity contribution in [1.29, 1.82) is 0 Å². The minimum atomic E-state index is -3.76. The van der Waals surface area contributed by atoms with Crippen LogP contribution in [0, 0.1) is 17.6 Å². The number of nitrogen functional groups attached to an aromatic ring is 1. The number of nitrogens with two attached hydrogens (primary N) is 1. The van der Waals surface area contributed by atoms with Crippen LogP contribution in [-0.2, 0) is 19.4 Å². The fourth-order valence-electron chi connectivity index (χ4n) is 4.22. The molecule has 3 atom stereocenters. The molecule has 2 aromatic carbocycles. The molecule has 174 valence electrons. The van der Waals surface area contributed by atoms with E-state index in [1.165, 1.54) is 25.4 Å². The van der Waals surface area contributed by atoms with Gasteiger partial charge in [-0.1, -0.05) is 6.07 Å². The summed E-state index contributed by atoms with van der Waals surface area (Å²) in [4.78, 5) is 19.9. The summed E-state index contributed by atoms with van der Waals surface area (Å²) >= 11 is 0. The summed E-state index contributed by atoms with van der Waals surface area (Å²) in [6.07, 6.45) is 3.29. The maximum Gasteiger partial charge on any atom is 0.313 e. The standard InChI is InChI=1S/C22H23F2N5O3S/c1-26-21(30)13-3-2-4-15(10-13)33(31,32)29-18-8-6-16(23)19(20(18)24)12-5-7-17-14(9-12)11-27-22(25)28-17/h5-9,11,13,15H,2-4,10H2,1H3,(H4-,25,26,27,28,29,30,31,32)/p+1. The van der Waals surface area contributed by atoms with Crippen LogP contribution < -0.4 is 15.8 Å². The Morgan fingerprint density at radius 2 is 2.03 bits per heavy atom. The first-order valence-corrected chi connectivity index (χ1v) is 12.0. The summed E-state index contributed by atoms with van der Waals surface area (Å²) in [7, 11) is -2.24. The molecule has 33 heavy (non-hydrogen) atoms. The average Bonchev–Trinajstić information content (AvgIpc) is 2.80. The van der Waals surface area contributed by atoms with Crippen LogP contribution in [0.3, 0.4) is 0 Å². The SMILES string of the molecule is CNC(=O)C1CCCC([S+](=O)(O)Nc2ccc(F)c(-c3ccc4nc(N)ncc4c3)c2F)C1. The van der Waals surface area contributed by atoms with Crippen molar-refractivity contribution < 1.29 is 22.3 Å². The molecule has 3 unspecified atom stereocenters. The summed E-state index contributed by atoms with van der Waals surface area (Å²) in [5.74, 6) is -2.31. The fraction of sp³-hybridized carbons (Fsp3) is 0.318. The fourth-order valence-corrected chi connectivity index (χ4v) is 5.84. The number of carbonyl (C=O) groups excluding carboxylic acids is 1. The highest BCUT2D eigenvalue weighted by molar-refractivity contribution is 7.99. The zero-order valence-corrected chi connectivity index (χ0v) is 18.7. The molecule has 0 saturated heterocycles. The van der Waals surface area contributed by atoms with Crippen molar-refractivity contribution in [3.8, 4) is 11.1 Å². The minimum absolute atomic E-state index is 0.0814. The number of amides is 1. The summed E-state index contributed by atoms with van der Waals surface area (Å²) in [5.41, 5.74) is 5.66. The second kappa shape index (κ2) is 8.99. The number of nitrogens with one attached hydrogen (secondary N) is 2. The first-order valence-electron chi connectivity index (χ1n) is 10.4. The number of anilines is 2. The molecule has 1 aliphatic carbocycles. The van der Waals surface area contributed by atoms with E-state index < -0.39 is 27.3 Å². The van der Waals surface area contributed by atoms with E-state index >= 15 is 4.39 Å². The largest absolute Gasteiger partial charge is 0.368 e. The van der Waals surface area contributed by atoms with Crippen LogP contribution in [0.25, 0.3) is 22.0 Å². The molecule has 1 aliphatic rings. The van der Waals surface area contributed by atoms with Crippen LogP contribution in [0.2, 0.25) is 0 Å². The van der Waals surface area contributed by atoms with Crippen LogP contribution >= 0.6 is 0 Å². The van der Waals surface area contributed by atoms with Gasteiger partial charge < -0.3 is 11.1 Å². The van der Waals surface area contributed by atoms with Crippen molar-refractivity contribution in [2.45, 2.75) is 30.9 Å². The van der Waals surface area contributed by atoms with Crippen LogP contribution in [0.15, 0.2) is 36.5 Å². The van der Waals surface area contributed by atoms with Gasteiger partial charge in [0, 0.05) is 37.4 Å². The molecular weight excluding hydrogens is 452 g/mol. The summed E-state index contributed by atoms with van der Waals surface area (Å²) in [5, 5.41) is 2.35. The molecule has 1 fully saturated rings. The molecule has 1 aromatic heterocycles. The first-order chi connectivity index (χ1) is 15.7. The number of carbonyl (C=O) groups is 1. The van der Waals surface area contributed by atoms with Crippen molar-refractivity contribution in [3.05, 3.63) is 48.2 Å². The third kappa shape index (κ3) is 4.64. The van der Waals surface area contributed by atoms with Gasteiger partial charge in [0.1, 0.15) is 11.5 Å². The Hall–Kier alpha value is -3.18. The molecule has 1 amide bonds. The van der Waals surface area contributed by atoms with Crippen molar-refractivity contribution in [2.24, 2.45) is 5.92 Å².